The Labute approximate surface area is 136 Å². The summed E-state index contributed by atoms with van der Waals surface area (Å²) in [5.74, 6) is 0.474. The van der Waals surface area contributed by atoms with Crippen LogP contribution in [-0.2, 0) is 10.8 Å². The first-order valence-corrected chi connectivity index (χ1v) is 8.98. The predicted octanol–water partition coefficient (Wildman–Crippen LogP) is 2.60. The molecule has 0 radical (unpaired) electrons. The van der Waals surface area contributed by atoms with E-state index >= 15 is 0 Å². The second kappa shape index (κ2) is 7.63. The van der Waals surface area contributed by atoms with E-state index < -0.39 is 10.8 Å². The van der Waals surface area contributed by atoms with E-state index in [9.17, 15) is 9.00 Å². The van der Waals surface area contributed by atoms with E-state index in [-0.39, 0.29) is 12.1 Å². The first-order valence-electron chi connectivity index (χ1n) is 7.26. The van der Waals surface area contributed by atoms with Crippen LogP contribution in [0, 0.1) is 13.8 Å². The molecule has 124 valence electrons. The molecule has 22 heavy (non-hydrogen) atoms. The summed E-state index contributed by atoms with van der Waals surface area (Å²) in [5.41, 5.74) is 4.00. The fraction of sp³-hybridized carbons (Fsp3) is 0.562. The van der Waals surface area contributed by atoms with Crippen LogP contribution in [0.3, 0.4) is 0 Å². The lowest BCUT2D eigenvalue weighted by atomic mass is 10.1. The molecule has 0 spiro atoms. The number of urea groups is 1. The zero-order valence-electron chi connectivity index (χ0n) is 14.6. The standard InChI is InChI=1S/C16H27N3O2S/c1-11-8-14(18(4)5)9-12(2)15(11)17-16(20)19(6)13(3)10-22(7)21/h8-9,13H,10H2,1-7H3,(H,17,20)/t13-,22+/m0/s1. The molecule has 2 amide bonds. The number of anilines is 2. The Balaban J connectivity index is 2.90. The number of nitrogens with one attached hydrogen (secondary N) is 1. The zero-order valence-corrected chi connectivity index (χ0v) is 15.4. The Morgan fingerprint density at radius 2 is 1.73 bits per heavy atom. The third-order valence-corrected chi connectivity index (χ3v) is 4.68. The van der Waals surface area contributed by atoms with Gasteiger partial charge in [0.05, 0.1) is 0 Å². The van der Waals surface area contributed by atoms with E-state index in [1.807, 2.05) is 51.9 Å². The quantitative estimate of drug-likeness (QED) is 0.905. The Morgan fingerprint density at radius 3 is 2.14 bits per heavy atom. The molecule has 1 rings (SSSR count). The van der Waals surface area contributed by atoms with Crippen molar-refractivity contribution in [3.63, 3.8) is 0 Å². The lowest BCUT2D eigenvalue weighted by Gasteiger charge is -2.26. The minimum absolute atomic E-state index is 0.0764. The van der Waals surface area contributed by atoms with E-state index in [4.69, 9.17) is 0 Å². The van der Waals surface area contributed by atoms with Gasteiger partial charge in [0.1, 0.15) is 0 Å². The van der Waals surface area contributed by atoms with Gasteiger partial charge in [0.25, 0.3) is 0 Å². The van der Waals surface area contributed by atoms with Crippen LogP contribution in [0.2, 0.25) is 0 Å². The van der Waals surface area contributed by atoms with E-state index in [0.29, 0.717) is 5.75 Å². The Hall–Kier alpha value is -1.56. The number of nitrogens with zero attached hydrogens (tertiary/aromatic N) is 2. The molecule has 1 aromatic rings. The number of carbonyl (C=O) groups excluding carboxylic acids is 1. The molecule has 6 heteroatoms. The van der Waals surface area contributed by atoms with Crippen LogP contribution in [0.1, 0.15) is 18.1 Å². The van der Waals surface area contributed by atoms with E-state index in [0.717, 1.165) is 22.5 Å². The summed E-state index contributed by atoms with van der Waals surface area (Å²) in [6.45, 7) is 5.87. The van der Waals surface area contributed by atoms with Gasteiger partial charge < -0.3 is 15.1 Å². The van der Waals surface area contributed by atoms with Gasteiger partial charge >= 0.3 is 6.03 Å². The molecule has 0 aliphatic rings. The number of hydrogen-bond acceptors (Lipinski definition) is 3. The zero-order chi connectivity index (χ0) is 17.0. The van der Waals surface area contributed by atoms with Crippen molar-refractivity contribution in [1.29, 1.82) is 0 Å². The summed E-state index contributed by atoms with van der Waals surface area (Å²) in [7, 11) is 4.79. The van der Waals surface area contributed by atoms with Crippen molar-refractivity contribution in [2.75, 3.05) is 43.4 Å². The van der Waals surface area contributed by atoms with Crippen LogP contribution >= 0.6 is 0 Å². The van der Waals surface area contributed by atoms with Gasteiger partial charge in [-0.15, -0.1) is 0 Å². The summed E-state index contributed by atoms with van der Waals surface area (Å²) < 4.78 is 11.3. The van der Waals surface area contributed by atoms with E-state index in [2.05, 4.69) is 5.32 Å². The largest absolute Gasteiger partial charge is 0.378 e. The smallest absolute Gasteiger partial charge is 0.321 e. The summed E-state index contributed by atoms with van der Waals surface area (Å²) in [4.78, 5) is 16.0. The Kier molecular flexibility index (Phi) is 6.41. The van der Waals surface area contributed by atoms with Gasteiger partial charge in [-0.2, -0.15) is 0 Å². The van der Waals surface area contributed by atoms with Crippen molar-refractivity contribution in [1.82, 2.24) is 4.90 Å². The Morgan fingerprint density at radius 1 is 1.23 bits per heavy atom. The second-order valence-electron chi connectivity index (χ2n) is 5.98. The monoisotopic (exact) mass is 325 g/mol. The lowest BCUT2D eigenvalue weighted by molar-refractivity contribution is 0.212. The molecule has 0 unspecified atom stereocenters. The highest BCUT2D eigenvalue weighted by Crippen LogP contribution is 2.26. The minimum atomic E-state index is -0.924. The normalized spacial score (nSPS) is 13.4. The fourth-order valence-electron chi connectivity index (χ4n) is 2.24. The topological polar surface area (TPSA) is 52.7 Å². The second-order valence-corrected chi connectivity index (χ2v) is 7.46. The first-order chi connectivity index (χ1) is 10.1. The average Bonchev–Trinajstić information content (AvgIpc) is 2.40. The van der Waals surface area contributed by atoms with Crippen molar-refractivity contribution in [3.8, 4) is 0 Å². The number of amides is 2. The van der Waals surface area contributed by atoms with Gasteiger partial charge in [-0.3, -0.25) is 4.21 Å². The third kappa shape index (κ3) is 4.73. The predicted molar refractivity (Wildman–Crippen MR) is 95.4 cm³/mol. The van der Waals surface area contributed by atoms with Crippen LogP contribution in [0.4, 0.5) is 16.2 Å². The number of rotatable bonds is 5. The molecular formula is C16H27N3O2S. The van der Waals surface area contributed by atoms with Crippen LogP contribution in [0.15, 0.2) is 12.1 Å². The number of aryl methyl sites for hydroxylation is 2. The molecule has 5 nitrogen and oxygen atoms in total. The average molecular weight is 325 g/mol. The Bertz CT molecular complexity index is 550. The molecule has 1 aromatic carbocycles. The maximum Gasteiger partial charge on any atom is 0.321 e. The summed E-state index contributed by atoms with van der Waals surface area (Å²) in [6, 6.07) is 3.84. The summed E-state index contributed by atoms with van der Waals surface area (Å²) in [5, 5.41) is 2.97. The third-order valence-electron chi connectivity index (χ3n) is 3.72. The van der Waals surface area contributed by atoms with Gasteiger partial charge in [-0.25, -0.2) is 4.79 Å². The highest BCUT2D eigenvalue weighted by Gasteiger charge is 2.18. The van der Waals surface area contributed by atoms with Crippen LogP contribution in [-0.4, -0.2) is 54.3 Å². The van der Waals surface area contributed by atoms with Crippen molar-refractivity contribution in [2.45, 2.75) is 26.8 Å². The molecule has 0 aliphatic heterocycles. The van der Waals surface area contributed by atoms with Crippen molar-refractivity contribution in [3.05, 3.63) is 23.3 Å². The first kappa shape index (κ1) is 18.5. The molecule has 0 saturated heterocycles. The molecule has 1 N–H and O–H groups in total. The van der Waals surface area contributed by atoms with Gasteiger partial charge in [-0.05, 0) is 44.0 Å². The van der Waals surface area contributed by atoms with Gasteiger partial charge in [-0.1, -0.05) is 0 Å². The maximum atomic E-state index is 12.4. The molecule has 0 bridgehead atoms. The summed E-state index contributed by atoms with van der Waals surface area (Å²) >= 11 is 0. The highest BCUT2D eigenvalue weighted by atomic mass is 32.2. The highest BCUT2D eigenvalue weighted by molar-refractivity contribution is 7.84. The molecule has 0 saturated carbocycles. The van der Waals surface area contributed by atoms with E-state index in [1.165, 1.54) is 0 Å². The van der Waals surface area contributed by atoms with E-state index in [1.54, 1.807) is 18.2 Å². The minimum Gasteiger partial charge on any atom is -0.378 e. The SMILES string of the molecule is Cc1cc(N(C)C)cc(C)c1NC(=O)N(C)[C@@H](C)C[S@@](C)=O. The van der Waals surface area contributed by atoms with Crippen LogP contribution in [0.5, 0.6) is 0 Å². The maximum absolute atomic E-state index is 12.4. The lowest BCUT2D eigenvalue weighted by Crippen LogP contribution is -2.41. The number of benzene rings is 1. The van der Waals surface area contributed by atoms with Crippen molar-refractivity contribution >= 4 is 28.2 Å². The molecule has 0 aromatic heterocycles. The van der Waals surface area contributed by atoms with Gasteiger partial charge in [0.2, 0.25) is 0 Å². The molecule has 0 fully saturated rings. The van der Waals surface area contributed by atoms with Gasteiger partial charge in [0.15, 0.2) is 0 Å². The number of hydrogen-bond donors (Lipinski definition) is 1. The molecule has 0 heterocycles. The number of carbonyl (C=O) groups is 1. The van der Waals surface area contributed by atoms with Crippen LogP contribution < -0.4 is 10.2 Å². The van der Waals surface area contributed by atoms with Crippen LogP contribution in [0.25, 0.3) is 0 Å². The molecular weight excluding hydrogens is 298 g/mol. The molecule has 2 atom stereocenters. The van der Waals surface area contributed by atoms with Crippen molar-refractivity contribution < 1.29 is 9.00 Å². The molecule has 0 aliphatic carbocycles. The van der Waals surface area contributed by atoms with Gasteiger partial charge in [0, 0.05) is 61.4 Å². The fourth-order valence-corrected chi connectivity index (χ4v) is 3.15. The summed E-state index contributed by atoms with van der Waals surface area (Å²) in [6.07, 6.45) is 1.65. The van der Waals surface area contributed by atoms with Crippen molar-refractivity contribution in [2.24, 2.45) is 0 Å².